The maximum atomic E-state index is 14.0. The third-order valence-electron chi connectivity index (χ3n) is 7.59. The number of thioether (sulfide) groups is 1. The van der Waals surface area contributed by atoms with Crippen LogP contribution in [0.1, 0.15) is 33.6 Å². The van der Waals surface area contributed by atoms with Gasteiger partial charge in [-0.15, -0.1) is 0 Å². The molecule has 6 rings (SSSR count). The van der Waals surface area contributed by atoms with Crippen molar-refractivity contribution in [3.05, 3.63) is 103 Å². The van der Waals surface area contributed by atoms with E-state index in [-0.39, 0.29) is 23.9 Å². The number of fused-ring (bicyclic) bond motifs is 2. The van der Waals surface area contributed by atoms with Crippen molar-refractivity contribution in [1.29, 1.82) is 0 Å². The number of carbonyl (C=O) groups is 4. The molecule has 0 radical (unpaired) electrons. The third kappa shape index (κ3) is 5.76. The molecule has 0 saturated carbocycles. The number of esters is 1. The van der Waals surface area contributed by atoms with E-state index in [1.165, 1.54) is 21.6 Å². The second-order valence-electron chi connectivity index (χ2n) is 10.3. The first-order valence-electron chi connectivity index (χ1n) is 13.9. The highest BCUT2D eigenvalue weighted by Crippen LogP contribution is 2.54. The zero-order valence-electron chi connectivity index (χ0n) is 24.0. The molecular formula is C32H26ClN3O7S2. The molecule has 0 aliphatic carbocycles. The standard InChI is InChI=1S/C32H26ClN3O7S2/c1-3-43-31(40)18-4-10-20(11-5-18)34-23(37)16-35-30-27(45-32(35)41)24(17-6-14-22(42-2)15-7-17)25-26(44-30)29(39)36(28(25)38)21-12-8-19(33)9-13-21/h4-15,24-26H,3,16H2,1-2H3,(H,34,37)/t24-,25?,26?/m0/s1. The fourth-order valence-corrected chi connectivity index (χ4v) is 8.42. The lowest BCUT2D eigenvalue weighted by molar-refractivity contribution is -0.122. The van der Waals surface area contributed by atoms with Gasteiger partial charge in [0.25, 0.3) is 0 Å². The minimum Gasteiger partial charge on any atom is -0.497 e. The highest BCUT2D eigenvalue weighted by atomic mass is 35.5. The summed E-state index contributed by atoms with van der Waals surface area (Å²) in [6.07, 6.45) is 0. The van der Waals surface area contributed by atoms with E-state index in [1.807, 2.05) is 12.1 Å². The summed E-state index contributed by atoms with van der Waals surface area (Å²) >= 11 is 8.15. The number of aromatic nitrogens is 1. The lowest BCUT2D eigenvalue weighted by atomic mass is 9.83. The summed E-state index contributed by atoms with van der Waals surface area (Å²) < 4.78 is 11.7. The van der Waals surface area contributed by atoms with Crippen LogP contribution in [0, 0.1) is 5.92 Å². The van der Waals surface area contributed by atoms with E-state index >= 15 is 0 Å². The topological polar surface area (TPSA) is 124 Å². The summed E-state index contributed by atoms with van der Waals surface area (Å²) in [6, 6.07) is 19.9. The molecule has 2 aliphatic heterocycles. The average Bonchev–Trinajstić information content (AvgIpc) is 3.48. The van der Waals surface area contributed by atoms with Gasteiger partial charge in [0.05, 0.1) is 35.9 Å². The van der Waals surface area contributed by atoms with Crippen molar-refractivity contribution in [1.82, 2.24) is 4.57 Å². The Bertz CT molecular complexity index is 1850. The molecule has 1 saturated heterocycles. The Morgan fingerprint density at radius 2 is 1.62 bits per heavy atom. The van der Waals surface area contributed by atoms with Crippen molar-refractivity contribution in [2.45, 2.75) is 29.7 Å². The van der Waals surface area contributed by atoms with Crippen LogP contribution in [-0.2, 0) is 25.7 Å². The van der Waals surface area contributed by atoms with E-state index in [0.717, 1.165) is 28.7 Å². The van der Waals surface area contributed by atoms with E-state index in [9.17, 15) is 24.0 Å². The number of anilines is 2. The quantitative estimate of drug-likeness (QED) is 0.202. The molecule has 0 spiro atoms. The molecule has 2 aliphatic rings. The fraction of sp³-hybridized carbons (Fsp3) is 0.219. The molecule has 0 bridgehead atoms. The predicted molar refractivity (Wildman–Crippen MR) is 172 cm³/mol. The number of rotatable bonds is 8. The van der Waals surface area contributed by atoms with Crippen molar-refractivity contribution in [3.8, 4) is 5.75 Å². The Morgan fingerprint density at radius 3 is 2.27 bits per heavy atom. The molecule has 1 fully saturated rings. The minimum absolute atomic E-state index is 0.245. The molecule has 3 aromatic carbocycles. The Balaban J connectivity index is 1.34. The van der Waals surface area contributed by atoms with Gasteiger partial charge in [-0.3, -0.25) is 23.7 Å². The normalized spacial score (nSPS) is 18.7. The molecule has 4 aromatic rings. The zero-order chi connectivity index (χ0) is 31.8. The summed E-state index contributed by atoms with van der Waals surface area (Å²) in [7, 11) is 1.55. The minimum atomic E-state index is -0.827. The highest BCUT2D eigenvalue weighted by Gasteiger charge is 2.56. The lowest BCUT2D eigenvalue weighted by Crippen LogP contribution is -2.33. The van der Waals surface area contributed by atoms with Gasteiger partial charge >= 0.3 is 10.8 Å². The summed E-state index contributed by atoms with van der Waals surface area (Å²) in [6.45, 7) is 1.65. The van der Waals surface area contributed by atoms with E-state index in [2.05, 4.69) is 5.32 Å². The number of halogens is 1. The van der Waals surface area contributed by atoms with Gasteiger partial charge < -0.3 is 14.8 Å². The molecule has 230 valence electrons. The zero-order valence-corrected chi connectivity index (χ0v) is 26.4. The molecule has 3 atom stereocenters. The second kappa shape index (κ2) is 12.5. The van der Waals surface area contributed by atoms with Crippen molar-refractivity contribution in [2.75, 3.05) is 23.9 Å². The van der Waals surface area contributed by atoms with Crippen LogP contribution in [0.15, 0.2) is 82.6 Å². The van der Waals surface area contributed by atoms with E-state index in [0.29, 0.717) is 37.6 Å². The predicted octanol–water partition coefficient (Wildman–Crippen LogP) is 5.18. The van der Waals surface area contributed by atoms with Gasteiger partial charge in [-0.25, -0.2) is 9.69 Å². The van der Waals surface area contributed by atoms with Gasteiger partial charge in [-0.1, -0.05) is 46.8 Å². The van der Waals surface area contributed by atoms with Crippen LogP contribution in [0.2, 0.25) is 5.02 Å². The van der Waals surface area contributed by atoms with E-state index in [1.54, 1.807) is 62.6 Å². The molecule has 3 heterocycles. The van der Waals surface area contributed by atoms with Crippen LogP contribution in [0.25, 0.3) is 0 Å². The molecule has 10 nitrogen and oxygen atoms in total. The van der Waals surface area contributed by atoms with Gasteiger partial charge in [0.1, 0.15) is 17.5 Å². The van der Waals surface area contributed by atoms with Gasteiger partial charge in [-0.05, 0) is 73.2 Å². The first-order valence-corrected chi connectivity index (χ1v) is 16.0. The highest BCUT2D eigenvalue weighted by molar-refractivity contribution is 8.00. The summed E-state index contributed by atoms with van der Waals surface area (Å²) in [5.74, 6) is -2.48. The number of hydrogen-bond donors (Lipinski definition) is 1. The van der Waals surface area contributed by atoms with Crippen LogP contribution in [0.5, 0.6) is 5.75 Å². The van der Waals surface area contributed by atoms with Crippen molar-refractivity contribution in [2.24, 2.45) is 5.92 Å². The number of carbonyl (C=O) groups excluding carboxylic acids is 4. The van der Waals surface area contributed by atoms with Gasteiger partial charge in [-0.2, -0.15) is 0 Å². The number of imide groups is 1. The molecule has 1 N–H and O–H groups in total. The number of thiazole rings is 1. The van der Waals surface area contributed by atoms with Crippen LogP contribution < -0.4 is 19.8 Å². The monoisotopic (exact) mass is 663 g/mol. The Morgan fingerprint density at radius 1 is 0.933 bits per heavy atom. The summed E-state index contributed by atoms with van der Waals surface area (Å²) in [5, 5.41) is 2.87. The second-order valence-corrected chi connectivity index (χ2v) is 12.8. The Hall–Kier alpha value is -4.39. The number of benzene rings is 3. The number of amides is 3. The van der Waals surface area contributed by atoms with Crippen LogP contribution in [0.3, 0.4) is 0 Å². The number of methoxy groups -OCH3 is 1. The molecule has 45 heavy (non-hydrogen) atoms. The average molecular weight is 664 g/mol. The van der Waals surface area contributed by atoms with E-state index in [4.69, 9.17) is 21.1 Å². The fourth-order valence-electron chi connectivity index (χ4n) is 5.52. The molecule has 2 unspecified atom stereocenters. The van der Waals surface area contributed by atoms with Gasteiger partial charge in [0.2, 0.25) is 17.7 Å². The van der Waals surface area contributed by atoms with Gasteiger partial charge in [0.15, 0.2) is 0 Å². The number of hydrogen-bond acceptors (Lipinski definition) is 9. The molecular weight excluding hydrogens is 638 g/mol. The van der Waals surface area contributed by atoms with Crippen molar-refractivity contribution < 1.29 is 28.7 Å². The van der Waals surface area contributed by atoms with Crippen LogP contribution in [-0.4, -0.2) is 47.2 Å². The summed E-state index contributed by atoms with van der Waals surface area (Å²) in [5.41, 5.74) is 1.93. The number of ether oxygens (including phenoxy) is 2. The number of nitrogens with zero attached hydrogens (tertiary/aromatic N) is 2. The van der Waals surface area contributed by atoms with Crippen LogP contribution in [0.4, 0.5) is 11.4 Å². The third-order valence-corrected chi connectivity index (χ3v) is 10.4. The van der Waals surface area contributed by atoms with Crippen molar-refractivity contribution >= 4 is 69.8 Å². The molecule has 1 aromatic heterocycles. The SMILES string of the molecule is CCOC(=O)c1ccc(NC(=O)Cn2c3c(sc2=O)[C@@H](c2ccc(OC)cc2)C2C(=O)N(c4ccc(Cl)cc4)C(=O)C2S3)cc1. The first kappa shape index (κ1) is 30.6. The smallest absolute Gasteiger partial charge is 0.338 e. The van der Waals surface area contributed by atoms with Crippen LogP contribution >= 0.6 is 34.7 Å². The first-order chi connectivity index (χ1) is 21.7. The largest absolute Gasteiger partial charge is 0.497 e. The number of nitrogens with one attached hydrogen (secondary N) is 1. The Labute approximate surface area is 270 Å². The summed E-state index contributed by atoms with van der Waals surface area (Å²) in [4.78, 5) is 67.7. The molecule has 3 amide bonds. The van der Waals surface area contributed by atoms with Crippen molar-refractivity contribution in [3.63, 3.8) is 0 Å². The molecule has 13 heteroatoms. The lowest BCUT2D eigenvalue weighted by Gasteiger charge is -2.30. The van der Waals surface area contributed by atoms with Gasteiger partial charge in [0, 0.05) is 21.5 Å². The Kier molecular flexibility index (Phi) is 8.54. The maximum Gasteiger partial charge on any atom is 0.338 e. The maximum absolute atomic E-state index is 14.0. The van der Waals surface area contributed by atoms with E-state index < -0.39 is 34.9 Å².